The number of rotatable bonds is 6. The summed E-state index contributed by atoms with van der Waals surface area (Å²) in [4.78, 5) is 4.38. The first kappa shape index (κ1) is 15.7. The highest BCUT2D eigenvalue weighted by Gasteiger charge is 2.07. The Bertz CT molecular complexity index is 619. The highest BCUT2D eigenvalue weighted by atomic mass is 35.5. The van der Waals surface area contributed by atoms with Crippen LogP contribution in [-0.2, 0) is 6.54 Å². The summed E-state index contributed by atoms with van der Waals surface area (Å²) in [6.07, 6.45) is 1.04. The maximum Gasteiger partial charge on any atom is 0.219 e. The maximum absolute atomic E-state index is 13.2. The predicted molar refractivity (Wildman–Crippen MR) is 82.5 cm³/mol. The molecule has 2 aromatic rings. The molecule has 0 saturated carbocycles. The third-order valence-corrected chi connectivity index (χ3v) is 3.31. The second kappa shape index (κ2) is 7.38. The van der Waals surface area contributed by atoms with E-state index >= 15 is 0 Å². The zero-order valence-corrected chi connectivity index (χ0v) is 12.9. The van der Waals surface area contributed by atoms with Gasteiger partial charge in [0.2, 0.25) is 5.88 Å². The molecule has 3 nitrogen and oxygen atoms in total. The number of nitrogens with zero attached hydrogens (tertiary/aromatic N) is 1. The largest absolute Gasteiger partial charge is 0.439 e. The highest BCUT2D eigenvalue weighted by molar-refractivity contribution is 6.31. The Morgan fingerprint density at radius 1 is 1.29 bits per heavy atom. The maximum atomic E-state index is 13.2. The molecule has 1 heterocycles. The number of pyridine rings is 1. The summed E-state index contributed by atoms with van der Waals surface area (Å²) in [6, 6.07) is 8.05. The summed E-state index contributed by atoms with van der Waals surface area (Å²) >= 11 is 6.12. The molecule has 21 heavy (non-hydrogen) atoms. The van der Waals surface area contributed by atoms with Crippen molar-refractivity contribution in [2.24, 2.45) is 0 Å². The van der Waals surface area contributed by atoms with Gasteiger partial charge in [0.25, 0.3) is 0 Å². The molecule has 112 valence electrons. The standard InChI is InChI=1S/C16H18ClFN2O/c1-3-8-19-10-15-13(17)5-7-16(20-15)21-12-4-6-14(18)11(2)9-12/h4-7,9,19H,3,8,10H2,1-2H3. The van der Waals surface area contributed by atoms with Gasteiger partial charge in [-0.1, -0.05) is 18.5 Å². The number of hydrogen-bond acceptors (Lipinski definition) is 3. The monoisotopic (exact) mass is 308 g/mol. The molecule has 0 aliphatic heterocycles. The molecule has 0 atom stereocenters. The van der Waals surface area contributed by atoms with Gasteiger partial charge in [0.15, 0.2) is 0 Å². The van der Waals surface area contributed by atoms with Crippen molar-refractivity contribution < 1.29 is 9.13 Å². The molecular weight excluding hydrogens is 291 g/mol. The molecule has 0 bridgehead atoms. The van der Waals surface area contributed by atoms with E-state index in [0.29, 0.717) is 28.8 Å². The van der Waals surface area contributed by atoms with Gasteiger partial charge in [-0.25, -0.2) is 9.37 Å². The molecule has 1 aromatic carbocycles. The van der Waals surface area contributed by atoms with Gasteiger partial charge in [-0.05, 0) is 49.7 Å². The van der Waals surface area contributed by atoms with Crippen LogP contribution < -0.4 is 10.1 Å². The zero-order chi connectivity index (χ0) is 15.2. The van der Waals surface area contributed by atoms with Crippen LogP contribution in [0.3, 0.4) is 0 Å². The van der Waals surface area contributed by atoms with Gasteiger partial charge in [0.1, 0.15) is 11.6 Å². The lowest BCUT2D eigenvalue weighted by Crippen LogP contribution is -2.15. The number of halogens is 2. The molecular formula is C16H18ClFN2O. The normalized spacial score (nSPS) is 10.7. The molecule has 0 fully saturated rings. The van der Waals surface area contributed by atoms with Gasteiger partial charge in [0, 0.05) is 12.6 Å². The fourth-order valence-electron chi connectivity index (χ4n) is 1.83. The molecule has 0 aliphatic rings. The molecule has 0 aliphatic carbocycles. The first-order valence-corrected chi connectivity index (χ1v) is 7.28. The van der Waals surface area contributed by atoms with E-state index in [0.717, 1.165) is 18.7 Å². The van der Waals surface area contributed by atoms with Gasteiger partial charge in [-0.3, -0.25) is 0 Å². The van der Waals surface area contributed by atoms with Crippen molar-refractivity contribution >= 4 is 11.6 Å². The molecule has 2 rings (SSSR count). The van der Waals surface area contributed by atoms with Crippen LogP contribution >= 0.6 is 11.6 Å². The van der Waals surface area contributed by atoms with Gasteiger partial charge >= 0.3 is 0 Å². The van der Waals surface area contributed by atoms with Crippen molar-refractivity contribution in [1.82, 2.24) is 10.3 Å². The lowest BCUT2D eigenvalue weighted by molar-refractivity contribution is 0.457. The fraction of sp³-hybridized carbons (Fsp3) is 0.312. The summed E-state index contributed by atoms with van der Waals surface area (Å²) in [5.74, 6) is 0.741. The smallest absolute Gasteiger partial charge is 0.219 e. The van der Waals surface area contributed by atoms with Crippen molar-refractivity contribution in [3.05, 3.63) is 52.4 Å². The van der Waals surface area contributed by atoms with Gasteiger partial charge in [-0.2, -0.15) is 0 Å². The molecule has 0 saturated heterocycles. The quantitative estimate of drug-likeness (QED) is 0.799. The second-order valence-electron chi connectivity index (χ2n) is 4.77. The Kier molecular flexibility index (Phi) is 5.53. The average molecular weight is 309 g/mol. The number of ether oxygens (including phenoxy) is 1. The van der Waals surface area contributed by atoms with Crippen LogP contribution in [0.15, 0.2) is 30.3 Å². The van der Waals surface area contributed by atoms with Crippen LogP contribution in [0.4, 0.5) is 4.39 Å². The minimum absolute atomic E-state index is 0.254. The molecule has 0 radical (unpaired) electrons. The Hall–Kier alpha value is -1.65. The number of nitrogens with one attached hydrogen (secondary N) is 1. The SMILES string of the molecule is CCCNCc1nc(Oc2ccc(F)c(C)c2)ccc1Cl. The van der Waals surface area contributed by atoms with Gasteiger partial charge in [-0.15, -0.1) is 0 Å². The van der Waals surface area contributed by atoms with Crippen LogP contribution in [0.1, 0.15) is 24.6 Å². The van der Waals surface area contributed by atoms with Gasteiger partial charge < -0.3 is 10.1 Å². The van der Waals surface area contributed by atoms with E-state index < -0.39 is 0 Å². The van der Waals surface area contributed by atoms with Crippen LogP contribution in [-0.4, -0.2) is 11.5 Å². The van der Waals surface area contributed by atoms with E-state index in [1.54, 1.807) is 31.2 Å². The van der Waals surface area contributed by atoms with E-state index in [1.165, 1.54) is 6.07 Å². The van der Waals surface area contributed by atoms with E-state index in [-0.39, 0.29) is 5.82 Å². The topological polar surface area (TPSA) is 34.2 Å². The lowest BCUT2D eigenvalue weighted by atomic mass is 10.2. The molecule has 5 heteroatoms. The molecule has 1 N–H and O–H groups in total. The van der Waals surface area contributed by atoms with Crippen LogP contribution in [0.25, 0.3) is 0 Å². The van der Waals surface area contributed by atoms with E-state index in [4.69, 9.17) is 16.3 Å². The number of hydrogen-bond donors (Lipinski definition) is 1. The predicted octanol–water partition coefficient (Wildman–Crippen LogP) is 4.47. The van der Waals surface area contributed by atoms with E-state index in [2.05, 4.69) is 17.2 Å². The van der Waals surface area contributed by atoms with Crippen molar-refractivity contribution in [1.29, 1.82) is 0 Å². The summed E-state index contributed by atoms with van der Waals surface area (Å²) < 4.78 is 18.9. The van der Waals surface area contributed by atoms with Crippen molar-refractivity contribution in [3.63, 3.8) is 0 Å². The Morgan fingerprint density at radius 3 is 2.81 bits per heavy atom. The summed E-state index contributed by atoms with van der Waals surface area (Å²) in [7, 11) is 0. The summed E-state index contributed by atoms with van der Waals surface area (Å²) in [6.45, 7) is 5.28. The molecule has 0 spiro atoms. The lowest BCUT2D eigenvalue weighted by Gasteiger charge is -2.09. The molecule has 0 amide bonds. The highest BCUT2D eigenvalue weighted by Crippen LogP contribution is 2.24. The fourth-order valence-corrected chi connectivity index (χ4v) is 2.00. The van der Waals surface area contributed by atoms with Crippen molar-refractivity contribution in [2.75, 3.05) is 6.54 Å². The second-order valence-corrected chi connectivity index (χ2v) is 5.18. The number of aryl methyl sites for hydroxylation is 1. The molecule has 1 aromatic heterocycles. The summed E-state index contributed by atoms with van der Waals surface area (Å²) in [5, 5.41) is 3.85. The Morgan fingerprint density at radius 2 is 2.10 bits per heavy atom. The third-order valence-electron chi connectivity index (χ3n) is 2.96. The zero-order valence-electron chi connectivity index (χ0n) is 12.1. The number of benzene rings is 1. The van der Waals surface area contributed by atoms with Crippen LogP contribution in [0, 0.1) is 12.7 Å². The van der Waals surface area contributed by atoms with Gasteiger partial charge in [0.05, 0.1) is 10.7 Å². The molecule has 0 unspecified atom stereocenters. The minimum Gasteiger partial charge on any atom is -0.439 e. The van der Waals surface area contributed by atoms with Crippen LogP contribution in [0.5, 0.6) is 11.6 Å². The Balaban J connectivity index is 2.12. The van der Waals surface area contributed by atoms with E-state index in [1.807, 2.05) is 0 Å². The van der Waals surface area contributed by atoms with Crippen molar-refractivity contribution in [3.8, 4) is 11.6 Å². The first-order chi connectivity index (χ1) is 10.1. The minimum atomic E-state index is -0.254. The number of aromatic nitrogens is 1. The average Bonchev–Trinajstić information content (AvgIpc) is 2.46. The third kappa shape index (κ3) is 4.41. The van der Waals surface area contributed by atoms with E-state index in [9.17, 15) is 4.39 Å². The summed E-state index contributed by atoms with van der Waals surface area (Å²) in [5.41, 5.74) is 1.27. The van der Waals surface area contributed by atoms with Crippen molar-refractivity contribution in [2.45, 2.75) is 26.8 Å². The Labute approximate surface area is 129 Å². The van der Waals surface area contributed by atoms with Crippen LogP contribution in [0.2, 0.25) is 5.02 Å². The first-order valence-electron chi connectivity index (χ1n) is 6.90.